The van der Waals surface area contributed by atoms with Gasteiger partial charge in [0.15, 0.2) is 0 Å². The number of nitrogens with one attached hydrogen (secondary N) is 2. The Bertz CT molecular complexity index is 812. The van der Waals surface area contributed by atoms with Crippen LogP contribution in [0.2, 0.25) is 0 Å². The number of H-pyrrole nitrogens is 1. The second kappa shape index (κ2) is 4.72. The van der Waals surface area contributed by atoms with Crippen molar-refractivity contribution >= 4 is 22.6 Å². The average molecular weight is 325 g/mol. The number of aromatic nitrogens is 2. The Balaban J connectivity index is 1.54. The summed E-state index contributed by atoms with van der Waals surface area (Å²) in [6.45, 7) is 0. The van der Waals surface area contributed by atoms with Gasteiger partial charge in [-0.05, 0) is 55.9 Å². The standard InChI is InChI=1S/C18H23N5O/c19-16(24)13-8-22-17-12(1-2-21-17)15(13)23-14-10-3-9-4-11(14)7-18(20,5-9)6-10/h1-2,8-11,14H,3-7,20H2,(H2,19,24)(H2,21,22,23). The van der Waals surface area contributed by atoms with Crippen molar-refractivity contribution in [1.29, 1.82) is 0 Å². The highest BCUT2D eigenvalue weighted by molar-refractivity contribution is 6.06. The maximum Gasteiger partial charge on any atom is 0.252 e. The molecule has 0 aliphatic heterocycles. The van der Waals surface area contributed by atoms with E-state index in [2.05, 4.69) is 15.3 Å². The molecule has 1 amide bonds. The number of nitrogens with zero attached hydrogens (tertiary/aromatic N) is 1. The van der Waals surface area contributed by atoms with E-state index in [0.717, 1.165) is 35.5 Å². The van der Waals surface area contributed by atoms with E-state index in [-0.39, 0.29) is 5.54 Å². The van der Waals surface area contributed by atoms with Gasteiger partial charge in [-0.15, -0.1) is 0 Å². The van der Waals surface area contributed by atoms with Gasteiger partial charge in [0.2, 0.25) is 0 Å². The summed E-state index contributed by atoms with van der Waals surface area (Å²) in [5, 5.41) is 4.64. The van der Waals surface area contributed by atoms with Crippen LogP contribution in [0, 0.1) is 17.8 Å². The molecule has 0 aromatic carbocycles. The molecule has 6 nitrogen and oxygen atoms in total. The third-order valence-electron chi connectivity index (χ3n) is 6.48. The first-order valence-corrected chi connectivity index (χ1v) is 8.84. The van der Waals surface area contributed by atoms with Crippen LogP contribution < -0.4 is 16.8 Å². The fraction of sp³-hybridized carbons (Fsp3) is 0.556. The van der Waals surface area contributed by atoms with Gasteiger partial charge in [-0.1, -0.05) is 0 Å². The number of hydrogen-bond donors (Lipinski definition) is 4. The molecule has 4 saturated carbocycles. The fourth-order valence-electron chi connectivity index (χ4n) is 5.84. The molecule has 4 aliphatic carbocycles. The summed E-state index contributed by atoms with van der Waals surface area (Å²) in [6, 6.07) is 2.33. The molecule has 6 rings (SSSR count). The number of aromatic amines is 1. The van der Waals surface area contributed by atoms with Crippen molar-refractivity contribution in [2.75, 3.05) is 5.32 Å². The highest BCUT2D eigenvalue weighted by atomic mass is 16.1. The first kappa shape index (κ1) is 14.3. The number of primary amides is 1. The van der Waals surface area contributed by atoms with Crippen molar-refractivity contribution in [3.63, 3.8) is 0 Å². The third kappa shape index (κ3) is 1.99. The van der Waals surface area contributed by atoms with Crippen LogP contribution in [0.4, 0.5) is 5.69 Å². The number of rotatable bonds is 3. The number of amides is 1. The van der Waals surface area contributed by atoms with Crippen LogP contribution in [0.5, 0.6) is 0 Å². The van der Waals surface area contributed by atoms with E-state index in [1.165, 1.54) is 19.3 Å². The van der Waals surface area contributed by atoms with Crippen LogP contribution in [-0.4, -0.2) is 27.5 Å². The minimum atomic E-state index is -0.438. The minimum absolute atomic E-state index is 0.0445. The molecule has 6 heteroatoms. The molecular formula is C18H23N5O. The van der Waals surface area contributed by atoms with E-state index in [1.807, 2.05) is 12.3 Å². The van der Waals surface area contributed by atoms with Gasteiger partial charge in [0, 0.05) is 29.4 Å². The highest BCUT2D eigenvalue weighted by Crippen LogP contribution is 2.55. The molecule has 0 saturated heterocycles. The molecule has 0 radical (unpaired) electrons. The quantitative estimate of drug-likeness (QED) is 0.691. The van der Waals surface area contributed by atoms with Crippen molar-refractivity contribution in [1.82, 2.24) is 9.97 Å². The molecule has 4 bridgehead atoms. The predicted molar refractivity (Wildman–Crippen MR) is 92.5 cm³/mol. The monoisotopic (exact) mass is 325 g/mol. The second-order valence-electron chi connectivity index (χ2n) is 8.15. The number of carbonyl (C=O) groups is 1. The van der Waals surface area contributed by atoms with Crippen LogP contribution in [-0.2, 0) is 0 Å². The molecule has 6 N–H and O–H groups in total. The number of carbonyl (C=O) groups excluding carboxylic acids is 1. The molecule has 2 aromatic heterocycles. The van der Waals surface area contributed by atoms with E-state index in [9.17, 15) is 4.79 Å². The normalized spacial score (nSPS) is 37.0. The lowest BCUT2D eigenvalue weighted by molar-refractivity contribution is -0.0107. The van der Waals surface area contributed by atoms with E-state index in [1.54, 1.807) is 6.20 Å². The molecule has 126 valence electrons. The van der Waals surface area contributed by atoms with Gasteiger partial charge >= 0.3 is 0 Å². The number of pyridine rings is 1. The first-order chi connectivity index (χ1) is 11.5. The smallest absolute Gasteiger partial charge is 0.252 e. The topological polar surface area (TPSA) is 110 Å². The zero-order valence-electron chi connectivity index (χ0n) is 13.6. The van der Waals surface area contributed by atoms with Gasteiger partial charge in [-0.2, -0.15) is 0 Å². The van der Waals surface area contributed by atoms with Crippen LogP contribution in [0.3, 0.4) is 0 Å². The van der Waals surface area contributed by atoms with Crippen LogP contribution >= 0.6 is 0 Å². The van der Waals surface area contributed by atoms with Crippen LogP contribution in [0.15, 0.2) is 18.5 Å². The lowest BCUT2D eigenvalue weighted by Gasteiger charge is -2.59. The van der Waals surface area contributed by atoms with Crippen molar-refractivity contribution in [2.24, 2.45) is 29.2 Å². The summed E-state index contributed by atoms with van der Waals surface area (Å²) in [6.07, 6.45) is 9.29. The van der Waals surface area contributed by atoms with E-state index in [4.69, 9.17) is 11.5 Å². The van der Waals surface area contributed by atoms with E-state index in [0.29, 0.717) is 23.4 Å². The van der Waals surface area contributed by atoms with Crippen molar-refractivity contribution in [3.05, 3.63) is 24.0 Å². The Morgan fingerprint density at radius 1 is 1.29 bits per heavy atom. The Labute approximate surface area is 140 Å². The van der Waals surface area contributed by atoms with Crippen molar-refractivity contribution in [3.8, 4) is 0 Å². The van der Waals surface area contributed by atoms with Gasteiger partial charge in [-0.3, -0.25) is 4.79 Å². The molecule has 0 spiro atoms. The maximum absolute atomic E-state index is 11.9. The van der Waals surface area contributed by atoms with Gasteiger partial charge in [-0.25, -0.2) is 4.98 Å². The lowest BCUT2D eigenvalue weighted by Crippen LogP contribution is -2.62. The number of hydrogen-bond acceptors (Lipinski definition) is 4. The molecule has 2 unspecified atom stereocenters. The fourth-order valence-corrected chi connectivity index (χ4v) is 5.84. The largest absolute Gasteiger partial charge is 0.380 e. The highest BCUT2D eigenvalue weighted by Gasteiger charge is 2.53. The zero-order chi connectivity index (χ0) is 16.5. The number of fused-ring (bicyclic) bond motifs is 1. The Kier molecular flexibility index (Phi) is 2.81. The van der Waals surface area contributed by atoms with Gasteiger partial charge in [0.25, 0.3) is 5.91 Å². The summed E-state index contributed by atoms with van der Waals surface area (Å²) >= 11 is 0. The van der Waals surface area contributed by atoms with Crippen LogP contribution in [0.25, 0.3) is 11.0 Å². The molecule has 4 fully saturated rings. The van der Waals surface area contributed by atoms with Crippen molar-refractivity contribution in [2.45, 2.75) is 43.7 Å². The van der Waals surface area contributed by atoms with Gasteiger partial charge < -0.3 is 21.8 Å². The van der Waals surface area contributed by atoms with Gasteiger partial charge in [0.1, 0.15) is 5.65 Å². The summed E-state index contributed by atoms with van der Waals surface area (Å²) in [5.74, 6) is 1.52. The Morgan fingerprint density at radius 3 is 2.71 bits per heavy atom. The SMILES string of the molecule is NC(=O)c1cnc2[nH]ccc2c1NC1C2CC3CC1CC(N)(C3)C2. The molecule has 24 heavy (non-hydrogen) atoms. The average Bonchev–Trinajstić information content (AvgIpc) is 2.97. The number of anilines is 1. The predicted octanol–water partition coefficient (Wildman–Crippen LogP) is 1.98. The zero-order valence-corrected chi connectivity index (χ0v) is 13.6. The number of nitrogens with two attached hydrogens (primary N) is 2. The summed E-state index contributed by atoms with van der Waals surface area (Å²) < 4.78 is 0. The summed E-state index contributed by atoms with van der Waals surface area (Å²) in [4.78, 5) is 19.3. The van der Waals surface area contributed by atoms with Crippen LogP contribution in [0.1, 0.15) is 42.5 Å². The van der Waals surface area contributed by atoms with Gasteiger partial charge in [0.05, 0.1) is 11.3 Å². The molecule has 2 heterocycles. The second-order valence-corrected chi connectivity index (χ2v) is 8.15. The maximum atomic E-state index is 11.9. The van der Waals surface area contributed by atoms with E-state index < -0.39 is 5.91 Å². The van der Waals surface area contributed by atoms with Crippen molar-refractivity contribution < 1.29 is 4.79 Å². The molecule has 2 aromatic rings. The summed E-state index contributed by atoms with van der Waals surface area (Å²) in [7, 11) is 0. The molecule has 4 aliphatic rings. The summed E-state index contributed by atoms with van der Waals surface area (Å²) in [5.41, 5.74) is 14.3. The minimum Gasteiger partial charge on any atom is -0.380 e. The Hall–Kier alpha value is -2.08. The third-order valence-corrected chi connectivity index (χ3v) is 6.48. The lowest BCUT2D eigenvalue weighted by atomic mass is 9.51. The first-order valence-electron chi connectivity index (χ1n) is 8.84. The molecule has 2 atom stereocenters. The van der Waals surface area contributed by atoms with E-state index >= 15 is 0 Å². The molecular weight excluding hydrogens is 302 g/mol. The Morgan fingerprint density at radius 2 is 2.04 bits per heavy atom.